The summed E-state index contributed by atoms with van der Waals surface area (Å²) in [7, 11) is 2.14. The number of anilines is 1. The van der Waals surface area contributed by atoms with E-state index in [2.05, 4.69) is 17.3 Å². The summed E-state index contributed by atoms with van der Waals surface area (Å²) in [5.41, 5.74) is 7.71. The molecule has 1 saturated carbocycles. The van der Waals surface area contributed by atoms with Crippen LogP contribution in [0.15, 0.2) is 36.4 Å². The molecule has 3 rings (SSSR count). The monoisotopic (exact) mass is 407 g/mol. The Labute approximate surface area is 169 Å². The van der Waals surface area contributed by atoms with E-state index in [4.69, 9.17) is 33.7 Å². The molecule has 3 N–H and O–H groups in total. The number of amides is 1. The molecular weight excluding hydrogens is 385 g/mol. The number of hydrogen-bond donors (Lipinski definition) is 2. The number of halogens is 2. The van der Waals surface area contributed by atoms with E-state index in [0.29, 0.717) is 30.2 Å². The summed E-state index contributed by atoms with van der Waals surface area (Å²) in [6.45, 7) is 1.56. The van der Waals surface area contributed by atoms with Gasteiger partial charge in [0.05, 0.1) is 10.0 Å². The van der Waals surface area contributed by atoms with Crippen molar-refractivity contribution in [3.05, 3.63) is 57.6 Å². The highest BCUT2D eigenvalue weighted by Gasteiger charge is 2.25. The zero-order valence-corrected chi connectivity index (χ0v) is 16.7. The number of carbonyl (C=O) groups excluding carboxylic acids is 1. The highest BCUT2D eigenvalue weighted by atomic mass is 35.5. The van der Waals surface area contributed by atoms with E-state index in [0.717, 1.165) is 12.6 Å². The smallest absolute Gasteiger partial charge is 0.255 e. The van der Waals surface area contributed by atoms with Crippen molar-refractivity contribution in [2.75, 3.05) is 25.5 Å². The van der Waals surface area contributed by atoms with E-state index in [9.17, 15) is 4.79 Å². The Kier molecular flexibility index (Phi) is 6.60. The third-order valence-electron chi connectivity index (χ3n) is 4.44. The Morgan fingerprint density at radius 2 is 1.85 bits per heavy atom. The Morgan fingerprint density at radius 1 is 1.22 bits per heavy atom. The number of rotatable bonds is 8. The van der Waals surface area contributed by atoms with Gasteiger partial charge in [0.1, 0.15) is 6.61 Å². The standard InChI is InChI=1S/C20H23Cl2N3O2/c1-25(16-6-7-16)12-13-2-4-15(5-3-13)24-20(26)14-10-17(21)19(18(22)11-14)27-9-8-23/h2-5,10-11,16H,6-9,12,23H2,1H3,(H,24,26). The van der Waals surface area contributed by atoms with Gasteiger partial charge in [-0.05, 0) is 49.7 Å². The van der Waals surface area contributed by atoms with E-state index in [-0.39, 0.29) is 16.0 Å². The van der Waals surface area contributed by atoms with Crippen LogP contribution in [0.25, 0.3) is 0 Å². The van der Waals surface area contributed by atoms with Crippen LogP contribution >= 0.6 is 23.2 Å². The molecule has 27 heavy (non-hydrogen) atoms. The lowest BCUT2D eigenvalue weighted by atomic mass is 10.1. The van der Waals surface area contributed by atoms with Gasteiger partial charge in [-0.1, -0.05) is 35.3 Å². The second-order valence-corrected chi connectivity index (χ2v) is 7.52. The fourth-order valence-electron chi connectivity index (χ4n) is 2.82. The summed E-state index contributed by atoms with van der Waals surface area (Å²) in [5.74, 6) is 0.0523. The fourth-order valence-corrected chi connectivity index (χ4v) is 3.42. The van der Waals surface area contributed by atoms with Crippen molar-refractivity contribution in [1.82, 2.24) is 4.90 Å². The van der Waals surface area contributed by atoms with E-state index >= 15 is 0 Å². The van der Waals surface area contributed by atoms with Gasteiger partial charge >= 0.3 is 0 Å². The predicted octanol–water partition coefficient (Wildman–Crippen LogP) is 4.18. The number of benzene rings is 2. The van der Waals surface area contributed by atoms with Gasteiger partial charge in [0.15, 0.2) is 5.75 Å². The largest absolute Gasteiger partial charge is 0.489 e. The van der Waals surface area contributed by atoms with Crippen LogP contribution in [0.3, 0.4) is 0 Å². The molecule has 1 aliphatic rings. The third kappa shape index (κ3) is 5.36. The molecule has 0 atom stereocenters. The Balaban J connectivity index is 1.64. The van der Waals surface area contributed by atoms with Gasteiger partial charge in [0.2, 0.25) is 0 Å². The minimum Gasteiger partial charge on any atom is -0.489 e. The molecule has 0 spiro atoms. The van der Waals surface area contributed by atoms with Gasteiger partial charge in [-0.15, -0.1) is 0 Å². The number of nitrogens with one attached hydrogen (secondary N) is 1. The van der Waals surface area contributed by atoms with Crippen LogP contribution in [0.5, 0.6) is 5.75 Å². The third-order valence-corrected chi connectivity index (χ3v) is 5.00. The first-order valence-corrected chi connectivity index (χ1v) is 9.66. The summed E-state index contributed by atoms with van der Waals surface area (Å²) in [6, 6.07) is 11.6. The quantitative estimate of drug-likeness (QED) is 0.688. The van der Waals surface area contributed by atoms with Crippen molar-refractivity contribution in [3.8, 4) is 5.75 Å². The van der Waals surface area contributed by atoms with Gasteiger partial charge in [0, 0.05) is 30.4 Å². The maximum absolute atomic E-state index is 12.5. The van der Waals surface area contributed by atoms with E-state index in [1.165, 1.54) is 30.5 Å². The summed E-state index contributed by atoms with van der Waals surface area (Å²) in [5, 5.41) is 3.42. The van der Waals surface area contributed by atoms with Gasteiger partial charge in [0.25, 0.3) is 5.91 Å². The van der Waals surface area contributed by atoms with E-state index < -0.39 is 0 Å². The van der Waals surface area contributed by atoms with E-state index in [1.54, 1.807) is 0 Å². The number of hydrogen-bond acceptors (Lipinski definition) is 4. The van der Waals surface area contributed by atoms with Crippen LogP contribution < -0.4 is 15.8 Å². The molecule has 0 heterocycles. The maximum Gasteiger partial charge on any atom is 0.255 e. The molecule has 2 aromatic carbocycles. The second kappa shape index (κ2) is 8.93. The topological polar surface area (TPSA) is 67.6 Å². The van der Waals surface area contributed by atoms with Gasteiger partial charge in [-0.2, -0.15) is 0 Å². The molecule has 0 unspecified atom stereocenters. The van der Waals surface area contributed by atoms with Crippen LogP contribution in [0, 0.1) is 0 Å². The number of ether oxygens (including phenoxy) is 1. The van der Waals surface area contributed by atoms with Crippen molar-refractivity contribution in [3.63, 3.8) is 0 Å². The molecule has 7 heteroatoms. The molecule has 0 bridgehead atoms. The van der Waals surface area contributed by atoms with Crippen LogP contribution in [0.4, 0.5) is 5.69 Å². The molecule has 1 aliphatic carbocycles. The molecule has 0 aromatic heterocycles. The van der Waals surface area contributed by atoms with Crippen molar-refractivity contribution >= 4 is 34.8 Å². The highest BCUT2D eigenvalue weighted by Crippen LogP contribution is 2.34. The average molecular weight is 408 g/mol. The van der Waals surface area contributed by atoms with Crippen LogP contribution in [-0.4, -0.2) is 37.0 Å². The highest BCUT2D eigenvalue weighted by molar-refractivity contribution is 6.37. The Bertz CT molecular complexity index is 784. The van der Waals surface area contributed by atoms with Crippen molar-refractivity contribution < 1.29 is 9.53 Å². The van der Waals surface area contributed by atoms with Crippen LogP contribution in [-0.2, 0) is 6.54 Å². The molecule has 144 valence electrons. The molecule has 0 aliphatic heterocycles. The lowest BCUT2D eigenvalue weighted by Crippen LogP contribution is -2.19. The second-order valence-electron chi connectivity index (χ2n) is 6.70. The summed E-state index contributed by atoms with van der Waals surface area (Å²) in [6.07, 6.45) is 2.57. The first-order valence-electron chi connectivity index (χ1n) is 8.90. The van der Waals surface area contributed by atoms with Gasteiger partial charge in [-0.25, -0.2) is 0 Å². The van der Waals surface area contributed by atoms with Gasteiger partial charge < -0.3 is 15.8 Å². The lowest BCUT2D eigenvalue weighted by molar-refractivity contribution is 0.102. The molecule has 0 saturated heterocycles. The fraction of sp³-hybridized carbons (Fsp3) is 0.350. The van der Waals surface area contributed by atoms with Crippen LogP contribution in [0.2, 0.25) is 10.0 Å². The van der Waals surface area contributed by atoms with Crippen molar-refractivity contribution in [1.29, 1.82) is 0 Å². The molecular formula is C20H23Cl2N3O2. The lowest BCUT2D eigenvalue weighted by Gasteiger charge is -2.16. The van der Waals surface area contributed by atoms with Crippen molar-refractivity contribution in [2.24, 2.45) is 5.73 Å². The number of carbonyl (C=O) groups is 1. The molecule has 1 fully saturated rings. The zero-order chi connectivity index (χ0) is 19.4. The predicted molar refractivity (Wildman–Crippen MR) is 110 cm³/mol. The first-order chi connectivity index (χ1) is 13.0. The summed E-state index contributed by atoms with van der Waals surface area (Å²) >= 11 is 12.4. The SMILES string of the molecule is CN(Cc1ccc(NC(=O)c2cc(Cl)c(OCCN)c(Cl)c2)cc1)C1CC1. The number of nitrogens with two attached hydrogens (primary N) is 1. The molecule has 2 aromatic rings. The maximum atomic E-state index is 12.5. The number of nitrogens with zero attached hydrogens (tertiary/aromatic N) is 1. The Morgan fingerprint density at radius 3 is 2.41 bits per heavy atom. The Hall–Kier alpha value is -1.79. The molecule has 1 amide bonds. The summed E-state index contributed by atoms with van der Waals surface area (Å²) in [4.78, 5) is 14.9. The first kappa shape index (κ1) is 20.0. The van der Waals surface area contributed by atoms with E-state index in [1.807, 2.05) is 24.3 Å². The summed E-state index contributed by atoms with van der Waals surface area (Å²) < 4.78 is 5.41. The zero-order valence-electron chi connectivity index (χ0n) is 15.2. The molecule has 5 nitrogen and oxygen atoms in total. The minimum atomic E-state index is -0.285. The normalized spacial score (nSPS) is 13.7. The minimum absolute atomic E-state index is 0.277. The van der Waals surface area contributed by atoms with Crippen LogP contribution in [0.1, 0.15) is 28.8 Å². The van der Waals surface area contributed by atoms with Crippen molar-refractivity contribution in [2.45, 2.75) is 25.4 Å². The average Bonchev–Trinajstić information content (AvgIpc) is 3.48. The van der Waals surface area contributed by atoms with Gasteiger partial charge in [-0.3, -0.25) is 9.69 Å². The molecule has 0 radical (unpaired) electrons.